The number of aryl methyl sites for hydroxylation is 2. The zero-order valence-corrected chi connectivity index (χ0v) is 36.5. The number of hydrogen-bond donors (Lipinski definition) is 0. The largest absolute Gasteiger partial charge is 0.341 e. The van der Waals surface area contributed by atoms with Crippen LogP contribution in [0.1, 0.15) is 49.3 Å². The maximum atomic E-state index is 2.53. The van der Waals surface area contributed by atoms with Gasteiger partial charge in [0.25, 0.3) is 0 Å². The average Bonchev–Trinajstić information content (AvgIpc) is 3.98. The first-order valence-electron chi connectivity index (χ1n) is 23.0. The van der Waals surface area contributed by atoms with Gasteiger partial charge >= 0.3 is 0 Å². The molecule has 0 fully saturated rings. The van der Waals surface area contributed by atoms with E-state index < -0.39 is 0 Å². The smallest absolute Gasteiger partial charge is 0.0539 e. The molecule has 8 aromatic carbocycles. The van der Waals surface area contributed by atoms with Gasteiger partial charge in [-0.15, -0.1) is 0 Å². The van der Waals surface area contributed by atoms with Crippen molar-refractivity contribution in [3.8, 4) is 0 Å². The van der Waals surface area contributed by atoms with E-state index in [1.54, 1.807) is 0 Å². The summed E-state index contributed by atoms with van der Waals surface area (Å²) in [6.45, 7) is 6.34. The third kappa shape index (κ3) is 6.19. The Morgan fingerprint density at radius 2 is 0.938 bits per heavy atom. The fourth-order valence-electron chi connectivity index (χ4n) is 10.9. The quantitative estimate of drug-likeness (QED) is 0.134. The molecule has 1 aliphatic carbocycles. The first-order valence-corrected chi connectivity index (χ1v) is 23.0. The van der Waals surface area contributed by atoms with Gasteiger partial charge in [0.2, 0.25) is 0 Å². The molecule has 0 bridgehead atoms. The van der Waals surface area contributed by atoms with Crippen LogP contribution >= 0.6 is 0 Å². The first kappa shape index (κ1) is 38.1. The van der Waals surface area contributed by atoms with E-state index in [1.165, 1.54) is 87.8 Å². The van der Waals surface area contributed by atoms with Crippen molar-refractivity contribution in [2.45, 2.75) is 52.1 Å². The molecule has 4 nitrogen and oxygen atoms in total. The Balaban J connectivity index is 1.07. The van der Waals surface area contributed by atoms with Crippen LogP contribution in [0.4, 0.5) is 17.1 Å². The highest BCUT2D eigenvalue weighted by Gasteiger charge is 2.23. The summed E-state index contributed by atoms with van der Waals surface area (Å²) in [4.78, 5) is 2.44. The number of nitrogens with zero attached hydrogens (tertiary/aromatic N) is 4. The van der Waals surface area contributed by atoms with E-state index >= 15 is 0 Å². The summed E-state index contributed by atoms with van der Waals surface area (Å²) in [5.41, 5.74) is 16.4. The van der Waals surface area contributed by atoms with Crippen molar-refractivity contribution in [3.63, 3.8) is 0 Å². The van der Waals surface area contributed by atoms with Crippen molar-refractivity contribution in [1.29, 1.82) is 0 Å². The summed E-state index contributed by atoms with van der Waals surface area (Å²) < 4.78 is 7.41. The van der Waals surface area contributed by atoms with Gasteiger partial charge in [0, 0.05) is 96.2 Å². The molecule has 4 heteroatoms. The number of aromatic nitrogens is 3. The van der Waals surface area contributed by atoms with Gasteiger partial charge < -0.3 is 18.6 Å². The molecule has 0 amide bonds. The van der Waals surface area contributed by atoms with E-state index in [1.807, 2.05) is 0 Å². The van der Waals surface area contributed by atoms with Crippen molar-refractivity contribution in [2.75, 3.05) is 4.90 Å². The lowest BCUT2D eigenvalue weighted by Gasteiger charge is -2.26. The first-order chi connectivity index (χ1) is 31.7. The molecule has 0 N–H and O–H groups in total. The van der Waals surface area contributed by atoms with Crippen molar-refractivity contribution < 1.29 is 0 Å². The summed E-state index contributed by atoms with van der Waals surface area (Å²) >= 11 is 0. The van der Waals surface area contributed by atoms with Gasteiger partial charge in [-0.25, -0.2) is 0 Å². The second kappa shape index (κ2) is 15.7. The Morgan fingerprint density at radius 1 is 0.453 bits per heavy atom. The highest BCUT2D eigenvalue weighted by molar-refractivity contribution is 6.13. The second-order valence-corrected chi connectivity index (χ2v) is 17.4. The average molecular weight is 827 g/mol. The molecule has 64 heavy (non-hydrogen) atoms. The number of para-hydroxylation sites is 3. The van der Waals surface area contributed by atoms with E-state index in [4.69, 9.17) is 0 Å². The van der Waals surface area contributed by atoms with E-state index in [-0.39, 0.29) is 5.92 Å². The standard InChI is InChI=1S/C60H50N4/c1-3-61-55-26-16-14-24-48(55)51-37-42(28-32-57(51)61)50(36-41-18-8-5-9-19-41)43-29-33-59-52(38-43)54-40-47(31-35-60(54)64(59)45-22-12-7-13-23-45)63(44-20-10-6-11-21-44)46-30-34-58-53(39-46)49-25-15-17-27-56(49)62(58)4-2/h5-12,14-22,24-35,37-40,50H,3-4,13,23,36H2,1-2H3. The number of anilines is 3. The Kier molecular flexibility index (Phi) is 9.33. The minimum atomic E-state index is 0.149. The summed E-state index contributed by atoms with van der Waals surface area (Å²) in [7, 11) is 0. The van der Waals surface area contributed by atoms with Crippen LogP contribution in [-0.2, 0) is 19.5 Å². The Labute approximate surface area is 374 Å². The van der Waals surface area contributed by atoms with Crippen molar-refractivity contribution in [1.82, 2.24) is 13.7 Å². The number of hydrogen-bond acceptors (Lipinski definition) is 1. The summed E-state index contributed by atoms with van der Waals surface area (Å²) in [5.74, 6) is 0.149. The monoisotopic (exact) mass is 826 g/mol. The van der Waals surface area contributed by atoms with Crippen molar-refractivity contribution in [3.05, 3.63) is 217 Å². The van der Waals surface area contributed by atoms with E-state index in [0.29, 0.717) is 0 Å². The molecule has 1 unspecified atom stereocenters. The summed E-state index contributed by atoms with van der Waals surface area (Å²) in [6.07, 6.45) is 9.76. The Hall–Kier alpha value is -7.56. The van der Waals surface area contributed by atoms with Gasteiger partial charge in [-0.1, -0.05) is 109 Å². The lowest BCUT2D eigenvalue weighted by molar-refractivity contribution is 0.805. The van der Waals surface area contributed by atoms with Crippen LogP contribution in [-0.4, -0.2) is 13.7 Å². The zero-order chi connectivity index (χ0) is 42.7. The predicted octanol–water partition coefficient (Wildman–Crippen LogP) is 16.1. The van der Waals surface area contributed by atoms with Gasteiger partial charge in [-0.3, -0.25) is 0 Å². The third-order valence-electron chi connectivity index (χ3n) is 13.9. The Morgan fingerprint density at radius 3 is 1.53 bits per heavy atom. The van der Waals surface area contributed by atoms with Crippen LogP contribution in [0.5, 0.6) is 0 Å². The molecule has 0 saturated heterocycles. The van der Waals surface area contributed by atoms with Crippen LogP contribution < -0.4 is 4.90 Å². The molecule has 0 spiro atoms. The minimum absolute atomic E-state index is 0.149. The van der Waals surface area contributed by atoms with Crippen LogP contribution in [0.3, 0.4) is 0 Å². The molecule has 3 aromatic heterocycles. The fraction of sp³-hybridized carbons (Fsp3) is 0.133. The van der Waals surface area contributed by atoms with E-state index in [0.717, 1.165) is 49.4 Å². The highest BCUT2D eigenvalue weighted by atomic mass is 15.1. The molecular weight excluding hydrogens is 777 g/mol. The molecule has 11 aromatic rings. The lowest BCUT2D eigenvalue weighted by atomic mass is 9.84. The number of fused-ring (bicyclic) bond motifs is 9. The van der Waals surface area contributed by atoms with Crippen LogP contribution in [0.25, 0.3) is 71.1 Å². The second-order valence-electron chi connectivity index (χ2n) is 17.4. The molecule has 12 rings (SSSR count). The number of rotatable bonds is 10. The number of benzene rings is 8. The van der Waals surface area contributed by atoms with Gasteiger partial charge in [0.05, 0.1) is 11.0 Å². The topological polar surface area (TPSA) is 18.0 Å². The maximum absolute atomic E-state index is 2.53. The van der Waals surface area contributed by atoms with Gasteiger partial charge in [0.1, 0.15) is 0 Å². The molecule has 3 heterocycles. The maximum Gasteiger partial charge on any atom is 0.0539 e. The molecule has 0 saturated carbocycles. The van der Waals surface area contributed by atoms with Gasteiger partial charge in [-0.05, 0) is 141 Å². The van der Waals surface area contributed by atoms with Gasteiger partial charge in [0.15, 0.2) is 0 Å². The van der Waals surface area contributed by atoms with Crippen LogP contribution in [0, 0.1) is 0 Å². The third-order valence-corrected chi connectivity index (χ3v) is 13.9. The predicted molar refractivity (Wildman–Crippen MR) is 273 cm³/mol. The summed E-state index contributed by atoms with van der Waals surface area (Å²) in [6, 6.07) is 68.3. The van der Waals surface area contributed by atoms with Crippen LogP contribution in [0.15, 0.2) is 200 Å². The molecule has 1 atom stereocenters. The Bertz CT molecular complexity index is 3620. The molecule has 1 aliphatic rings. The SMILES string of the molecule is CCn1c2ccccc2c2cc(C(Cc3ccccc3)c3ccc4c(c3)c3cc(N(c5ccccc5)c5ccc6c(c5)c5ccccc5n6CC)ccc3n4C3=CC=CCC3)ccc21. The fourth-order valence-corrected chi connectivity index (χ4v) is 10.9. The number of allylic oxidation sites excluding steroid dienone is 4. The van der Waals surface area contributed by atoms with Crippen molar-refractivity contribution in [2.24, 2.45) is 0 Å². The molecule has 310 valence electrons. The van der Waals surface area contributed by atoms with Crippen molar-refractivity contribution >= 4 is 88.2 Å². The van der Waals surface area contributed by atoms with Crippen LogP contribution in [0.2, 0.25) is 0 Å². The lowest BCUT2D eigenvalue weighted by Crippen LogP contribution is -2.10. The van der Waals surface area contributed by atoms with E-state index in [9.17, 15) is 0 Å². The minimum Gasteiger partial charge on any atom is -0.341 e. The van der Waals surface area contributed by atoms with E-state index in [2.05, 4.69) is 233 Å². The molecule has 0 radical (unpaired) electrons. The molecular formula is C60H50N4. The molecule has 0 aliphatic heterocycles. The zero-order valence-electron chi connectivity index (χ0n) is 36.5. The normalized spacial score (nSPS) is 13.5. The summed E-state index contributed by atoms with van der Waals surface area (Å²) in [5, 5.41) is 7.74. The highest BCUT2D eigenvalue weighted by Crippen LogP contribution is 2.44. The van der Waals surface area contributed by atoms with Gasteiger partial charge in [-0.2, -0.15) is 0 Å².